The highest BCUT2D eigenvalue weighted by atomic mass is 16.2. The molecule has 0 bridgehead atoms. The molecule has 0 radical (unpaired) electrons. The van der Waals surface area contributed by atoms with Crippen molar-refractivity contribution in [3.63, 3.8) is 0 Å². The molecule has 0 saturated carbocycles. The van der Waals surface area contributed by atoms with E-state index in [4.69, 9.17) is 0 Å². The third-order valence-electron chi connectivity index (χ3n) is 6.47. The average Bonchev–Trinajstić information content (AvgIpc) is 2.83. The van der Waals surface area contributed by atoms with Gasteiger partial charge >= 0.3 is 0 Å². The topological polar surface area (TPSA) is 34.1 Å². The van der Waals surface area contributed by atoms with E-state index in [0.717, 1.165) is 38.1 Å². The minimum Gasteiger partial charge on any atom is -0.285 e. The molecule has 0 fully saturated rings. The molecule has 0 aliphatic carbocycles. The predicted octanol–water partition coefficient (Wildman–Crippen LogP) is 5.92. The average molecular weight is 412 g/mol. The summed E-state index contributed by atoms with van der Waals surface area (Å²) >= 11 is 0. The molecule has 6 aromatic rings. The molecule has 32 heavy (non-hydrogen) atoms. The Morgan fingerprint density at radius 3 is 1.88 bits per heavy atom. The van der Waals surface area contributed by atoms with E-state index in [1.54, 1.807) is 0 Å². The van der Waals surface area contributed by atoms with Gasteiger partial charge in [0.2, 0.25) is 10.9 Å². The van der Waals surface area contributed by atoms with Crippen molar-refractivity contribution < 1.29 is 0 Å². The van der Waals surface area contributed by atoms with Crippen molar-refractivity contribution in [1.82, 2.24) is 0 Å². The van der Waals surface area contributed by atoms with Gasteiger partial charge in [-0.15, -0.1) is 0 Å². The minimum absolute atomic E-state index is 0.381. The van der Waals surface area contributed by atoms with Gasteiger partial charge in [-0.3, -0.25) is 9.59 Å². The van der Waals surface area contributed by atoms with Gasteiger partial charge in [-0.2, -0.15) is 0 Å². The second kappa shape index (κ2) is 7.28. The Hall–Kier alpha value is -4.04. The third-order valence-corrected chi connectivity index (χ3v) is 6.47. The van der Waals surface area contributed by atoms with Crippen LogP contribution in [-0.4, -0.2) is 0 Å². The highest BCUT2D eigenvalue weighted by molar-refractivity contribution is 6.24. The van der Waals surface area contributed by atoms with E-state index in [-0.39, 0.29) is 5.43 Å². The summed E-state index contributed by atoms with van der Waals surface area (Å²) in [6.07, 6.45) is 1.16. The quantitative estimate of drug-likeness (QED) is 0.266. The number of hydrogen-bond donors (Lipinski definition) is 0. The molecule has 0 aliphatic rings. The van der Waals surface area contributed by atoms with E-state index < -0.39 is 5.43 Å². The van der Waals surface area contributed by atoms with E-state index in [0.29, 0.717) is 23.8 Å². The Balaban J connectivity index is 1.77. The number of rotatable bonds is 4. The van der Waals surface area contributed by atoms with Crippen molar-refractivity contribution in [2.75, 3.05) is 0 Å². The zero-order valence-electron chi connectivity index (χ0n) is 17.5. The number of hydrogen-bond acceptors (Lipinski definition) is 2. The molecule has 2 heteroatoms. The molecular formula is C30H20O2. The van der Waals surface area contributed by atoms with Crippen LogP contribution in [0.5, 0.6) is 0 Å². The molecule has 0 N–H and O–H groups in total. The maximum absolute atomic E-state index is 13.4. The lowest BCUT2D eigenvalue weighted by Gasteiger charge is -2.17. The number of benzene rings is 6. The van der Waals surface area contributed by atoms with Crippen LogP contribution < -0.4 is 10.9 Å². The first kappa shape index (κ1) is 18.7. The Morgan fingerprint density at radius 1 is 0.500 bits per heavy atom. The molecule has 0 aliphatic heterocycles. The van der Waals surface area contributed by atoms with E-state index in [1.807, 2.05) is 60.7 Å². The zero-order valence-corrected chi connectivity index (χ0v) is 17.5. The summed E-state index contributed by atoms with van der Waals surface area (Å²) in [6.45, 7) is 0. The Bertz CT molecular complexity index is 1690. The molecule has 0 atom stereocenters. The van der Waals surface area contributed by atoms with Crippen LogP contribution in [0.1, 0.15) is 22.3 Å². The fourth-order valence-corrected chi connectivity index (χ4v) is 5.04. The van der Waals surface area contributed by atoms with Gasteiger partial charge in [-0.1, -0.05) is 91.0 Å². The summed E-state index contributed by atoms with van der Waals surface area (Å²) in [5.74, 6) is 0. The monoisotopic (exact) mass is 412 g/mol. The molecule has 6 aromatic carbocycles. The normalized spacial score (nSPS) is 11.6. The van der Waals surface area contributed by atoms with Crippen LogP contribution in [0.3, 0.4) is 0 Å². The Morgan fingerprint density at radius 2 is 1.16 bits per heavy atom. The van der Waals surface area contributed by atoms with Gasteiger partial charge in [-0.05, 0) is 50.7 Å². The van der Waals surface area contributed by atoms with Gasteiger partial charge in [0.15, 0.2) is 0 Å². The largest absolute Gasteiger partial charge is 0.285 e. The summed E-state index contributed by atoms with van der Waals surface area (Å²) < 4.78 is 0. The summed E-state index contributed by atoms with van der Waals surface area (Å²) in [5.41, 5.74) is 3.14. The first-order valence-electron chi connectivity index (χ1n) is 10.9. The van der Waals surface area contributed by atoms with Crippen molar-refractivity contribution in [2.45, 2.75) is 12.8 Å². The fourth-order valence-electron chi connectivity index (χ4n) is 5.04. The molecule has 6 rings (SSSR count). The lowest BCUT2D eigenvalue weighted by Crippen LogP contribution is -2.28. The molecule has 0 unspecified atom stereocenters. The lowest BCUT2D eigenvalue weighted by molar-refractivity contribution is 1.16. The van der Waals surface area contributed by atoms with Gasteiger partial charge in [0.25, 0.3) is 0 Å². The van der Waals surface area contributed by atoms with Crippen molar-refractivity contribution in [1.29, 1.82) is 0 Å². The van der Waals surface area contributed by atoms with E-state index in [1.165, 1.54) is 5.56 Å². The van der Waals surface area contributed by atoms with Crippen LogP contribution in [0.25, 0.3) is 32.3 Å². The molecular weight excluding hydrogens is 392 g/mol. The molecule has 0 spiro atoms. The third kappa shape index (κ3) is 2.88. The zero-order chi connectivity index (χ0) is 21.7. The van der Waals surface area contributed by atoms with Gasteiger partial charge in [0, 0.05) is 22.8 Å². The SMILES string of the molecule is O=c1c(Cc2ccccc2)c2c(Cc3ccccc3)cc3cccc4ccc(c1=O)c2c43. The van der Waals surface area contributed by atoms with Gasteiger partial charge < -0.3 is 0 Å². The molecule has 2 nitrogen and oxygen atoms in total. The minimum atomic E-state index is -0.396. The second-order valence-electron chi connectivity index (χ2n) is 8.44. The van der Waals surface area contributed by atoms with E-state index >= 15 is 0 Å². The fraction of sp³-hybridized carbons (Fsp3) is 0.0667. The van der Waals surface area contributed by atoms with E-state index in [9.17, 15) is 9.59 Å². The van der Waals surface area contributed by atoms with E-state index in [2.05, 4.69) is 36.4 Å². The smallest absolute Gasteiger partial charge is 0.233 e. The van der Waals surface area contributed by atoms with Crippen molar-refractivity contribution >= 4 is 32.3 Å². The summed E-state index contributed by atoms with van der Waals surface area (Å²) in [6, 6.07) is 32.4. The van der Waals surface area contributed by atoms with Crippen molar-refractivity contribution in [2.24, 2.45) is 0 Å². The lowest BCUT2D eigenvalue weighted by atomic mass is 9.85. The Labute approximate surface area is 185 Å². The second-order valence-corrected chi connectivity index (χ2v) is 8.44. The summed E-state index contributed by atoms with van der Waals surface area (Å²) in [4.78, 5) is 26.6. The first-order chi connectivity index (χ1) is 15.7. The highest BCUT2D eigenvalue weighted by Crippen LogP contribution is 2.37. The maximum Gasteiger partial charge on any atom is 0.233 e. The standard InChI is InChI=1S/C30H20O2/c31-29-24-15-14-21-12-7-13-22-18-23(16-19-8-3-1-4-9-19)27(28(24)26(21)22)25(30(29)32)17-20-10-5-2-6-11-20/h1-15,18H,16-17H2. The van der Waals surface area contributed by atoms with Gasteiger partial charge in [0.05, 0.1) is 0 Å². The molecule has 0 heterocycles. The highest BCUT2D eigenvalue weighted by Gasteiger charge is 2.21. The van der Waals surface area contributed by atoms with Crippen LogP contribution >= 0.6 is 0 Å². The van der Waals surface area contributed by atoms with Crippen molar-refractivity contribution in [3.8, 4) is 0 Å². The van der Waals surface area contributed by atoms with Gasteiger partial charge in [0.1, 0.15) is 0 Å². The molecule has 0 amide bonds. The van der Waals surface area contributed by atoms with Crippen molar-refractivity contribution in [3.05, 3.63) is 140 Å². The molecule has 152 valence electrons. The first-order valence-corrected chi connectivity index (χ1v) is 10.9. The predicted molar refractivity (Wildman–Crippen MR) is 132 cm³/mol. The van der Waals surface area contributed by atoms with Crippen LogP contribution in [0.15, 0.2) is 107 Å². The summed E-state index contributed by atoms with van der Waals surface area (Å²) in [5, 5.41) is 5.68. The maximum atomic E-state index is 13.4. The Kier molecular flexibility index (Phi) is 4.26. The van der Waals surface area contributed by atoms with Gasteiger partial charge in [-0.25, -0.2) is 0 Å². The molecule has 0 saturated heterocycles. The summed E-state index contributed by atoms with van der Waals surface area (Å²) in [7, 11) is 0. The van der Waals surface area contributed by atoms with Crippen LogP contribution in [0.4, 0.5) is 0 Å². The van der Waals surface area contributed by atoms with Crippen LogP contribution in [-0.2, 0) is 12.8 Å². The van der Waals surface area contributed by atoms with Crippen LogP contribution in [0.2, 0.25) is 0 Å². The van der Waals surface area contributed by atoms with Crippen LogP contribution in [0, 0.1) is 0 Å². The molecule has 0 aromatic heterocycles.